The molecule has 2 aromatic rings. The zero-order valence-corrected chi connectivity index (χ0v) is 11.6. The van der Waals surface area contributed by atoms with Crippen molar-refractivity contribution in [2.75, 3.05) is 12.8 Å². The fourth-order valence-electron chi connectivity index (χ4n) is 1.86. The van der Waals surface area contributed by atoms with Gasteiger partial charge in [0.1, 0.15) is 5.75 Å². The number of rotatable bonds is 4. The molecule has 0 saturated carbocycles. The maximum atomic E-state index is 12.0. The van der Waals surface area contributed by atoms with Crippen molar-refractivity contribution in [3.05, 3.63) is 59.2 Å². The second-order valence-electron chi connectivity index (χ2n) is 4.45. The van der Waals surface area contributed by atoms with Crippen molar-refractivity contribution < 1.29 is 9.53 Å². The molecule has 1 amide bonds. The summed E-state index contributed by atoms with van der Waals surface area (Å²) in [7, 11) is 1.52. The van der Waals surface area contributed by atoms with Crippen molar-refractivity contribution in [3.8, 4) is 11.8 Å². The predicted molar refractivity (Wildman–Crippen MR) is 79.7 cm³/mol. The fraction of sp³-hybridized carbons (Fsp3) is 0.125. The zero-order valence-electron chi connectivity index (χ0n) is 11.6. The van der Waals surface area contributed by atoms with Gasteiger partial charge in [-0.25, -0.2) is 0 Å². The highest BCUT2D eigenvalue weighted by atomic mass is 16.5. The summed E-state index contributed by atoms with van der Waals surface area (Å²) in [5.41, 5.74) is 8.18. The van der Waals surface area contributed by atoms with E-state index in [4.69, 9.17) is 15.7 Å². The number of nitrogens with two attached hydrogens (primary N) is 1. The van der Waals surface area contributed by atoms with Gasteiger partial charge in [-0.1, -0.05) is 12.1 Å². The largest absolute Gasteiger partial charge is 0.495 e. The van der Waals surface area contributed by atoms with E-state index in [0.717, 1.165) is 5.56 Å². The molecule has 0 fully saturated rings. The summed E-state index contributed by atoms with van der Waals surface area (Å²) in [4.78, 5) is 12.0. The second-order valence-corrected chi connectivity index (χ2v) is 4.45. The van der Waals surface area contributed by atoms with Crippen molar-refractivity contribution in [1.29, 1.82) is 5.26 Å². The molecule has 2 rings (SSSR count). The van der Waals surface area contributed by atoms with Gasteiger partial charge in [-0.05, 0) is 35.9 Å². The molecule has 0 heterocycles. The van der Waals surface area contributed by atoms with Gasteiger partial charge in [0.25, 0.3) is 5.91 Å². The maximum absolute atomic E-state index is 12.0. The van der Waals surface area contributed by atoms with Gasteiger partial charge in [0.2, 0.25) is 0 Å². The second kappa shape index (κ2) is 6.44. The maximum Gasteiger partial charge on any atom is 0.251 e. The molecule has 0 aliphatic rings. The van der Waals surface area contributed by atoms with Gasteiger partial charge < -0.3 is 15.8 Å². The Kier molecular flexibility index (Phi) is 4.42. The number of benzene rings is 2. The molecule has 106 valence electrons. The third-order valence-electron chi connectivity index (χ3n) is 3.03. The highest BCUT2D eigenvalue weighted by Gasteiger charge is 2.08. The standard InChI is InChI=1S/C16H15N3O2/c1-21-15-7-6-13(8-14(15)18)16(20)19-10-12-4-2-11(9-17)3-5-12/h2-8H,10,18H2,1H3,(H,19,20). The van der Waals surface area contributed by atoms with Crippen LogP contribution in [0.2, 0.25) is 0 Å². The number of hydrogen-bond donors (Lipinski definition) is 2. The minimum absolute atomic E-state index is 0.214. The molecule has 2 aromatic carbocycles. The molecule has 0 aliphatic carbocycles. The fourth-order valence-corrected chi connectivity index (χ4v) is 1.86. The molecule has 0 unspecified atom stereocenters. The topological polar surface area (TPSA) is 88.1 Å². The lowest BCUT2D eigenvalue weighted by atomic mass is 10.1. The van der Waals surface area contributed by atoms with Gasteiger partial charge in [-0.2, -0.15) is 5.26 Å². The average Bonchev–Trinajstić information content (AvgIpc) is 2.53. The summed E-state index contributed by atoms with van der Waals surface area (Å²) in [6.45, 7) is 0.385. The van der Waals surface area contributed by atoms with Gasteiger partial charge in [0.15, 0.2) is 0 Å². The Morgan fingerprint density at radius 1 is 1.29 bits per heavy atom. The van der Waals surface area contributed by atoms with Crippen LogP contribution >= 0.6 is 0 Å². The lowest BCUT2D eigenvalue weighted by Crippen LogP contribution is -2.22. The molecule has 0 aliphatic heterocycles. The molecule has 3 N–H and O–H groups in total. The first-order chi connectivity index (χ1) is 10.1. The highest BCUT2D eigenvalue weighted by molar-refractivity contribution is 5.95. The third kappa shape index (κ3) is 3.51. The third-order valence-corrected chi connectivity index (χ3v) is 3.03. The molecular formula is C16H15N3O2. The van der Waals surface area contributed by atoms with Crippen molar-refractivity contribution in [1.82, 2.24) is 5.32 Å². The first-order valence-corrected chi connectivity index (χ1v) is 6.35. The van der Waals surface area contributed by atoms with Crippen LogP contribution in [0.4, 0.5) is 5.69 Å². The Labute approximate surface area is 123 Å². The molecular weight excluding hydrogens is 266 g/mol. The van der Waals surface area contributed by atoms with E-state index in [0.29, 0.717) is 29.1 Å². The minimum atomic E-state index is -0.214. The Balaban J connectivity index is 2.01. The van der Waals surface area contributed by atoms with Crippen molar-refractivity contribution in [2.45, 2.75) is 6.54 Å². The van der Waals surface area contributed by atoms with Crippen LogP contribution in [-0.4, -0.2) is 13.0 Å². The van der Waals surface area contributed by atoms with Crippen molar-refractivity contribution >= 4 is 11.6 Å². The minimum Gasteiger partial charge on any atom is -0.495 e. The number of carbonyl (C=O) groups excluding carboxylic acids is 1. The van der Waals surface area contributed by atoms with Gasteiger partial charge in [0, 0.05) is 12.1 Å². The number of anilines is 1. The van der Waals surface area contributed by atoms with Crippen LogP contribution in [0.15, 0.2) is 42.5 Å². The van der Waals surface area contributed by atoms with Crippen LogP contribution in [0.5, 0.6) is 5.75 Å². The number of ether oxygens (including phenoxy) is 1. The van der Waals surface area contributed by atoms with E-state index >= 15 is 0 Å². The van der Waals surface area contributed by atoms with Crippen LogP contribution < -0.4 is 15.8 Å². The molecule has 0 radical (unpaired) electrons. The van der Waals surface area contributed by atoms with Gasteiger partial charge in [-0.15, -0.1) is 0 Å². The van der Waals surface area contributed by atoms with Crippen molar-refractivity contribution in [2.24, 2.45) is 0 Å². The lowest BCUT2D eigenvalue weighted by Gasteiger charge is -2.08. The molecule has 0 spiro atoms. The Morgan fingerprint density at radius 2 is 2.00 bits per heavy atom. The summed E-state index contributed by atoms with van der Waals surface area (Å²) in [5.74, 6) is 0.326. The number of amides is 1. The van der Waals surface area contributed by atoms with Gasteiger partial charge in [-0.3, -0.25) is 4.79 Å². The smallest absolute Gasteiger partial charge is 0.251 e. The lowest BCUT2D eigenvalue weighted by molar-refractivity contribution is 0.0951. The first-order valence-electron chi connectivity index (χ1n) is 6.35. The van der Waals surface area contributed by atoms with Crippen LogP contribution in [-0.2, 0) is 6.54 Å². The molecule has 5 nitrogen and oxygen atoms in total. The Morgan fingerprint density at radius 3 is 2.57 bits per heavy atom. The zero-order chi connectivity index (χ0) is 15.2. The summed E-state index contributed by atoms with van der Waals surface area (Å²) < 4.78 is 5.05. The van der Waals surface area contributed by atoms with Crippen molar-refractivity contribution in [3.63, 3.8) is 0 Å². The number of methoxy groups -OCH3 is 1. The quantitative estimate of drug-likeness (QED) is 0.840. The summed E-state index contributed by atoms with van der Waals surface area (Å²) >= 11 is 0. The highest BCUT2D eigenvalue weighted by Crippen LogP contribution is 2.21. The molecule has 0 aromatic heterocycles. The molecule has 0 saturated heterocycles. The van der Waals surface area contributed by atoms with Crippen LogP contribution in [0.3, 0.4) is 0 Å². The van der Waals surface area contributed by atoms with E-state index in [2.05, 4.69) is 5.32 Å². The average molecular weight is 281 g/mol. The van der Waals surface area contributed by atoms with E-state index in [1.54, 1.807) is 42.5 Å². The SMILES string of the molecule is COc1ccc(C(=O)NCc2ccc(C#N)cc2)cc1N. The molecule has 0 atom stereocenters. The van der Waals surface area contributed by atoms with Crippen LogP contribution in [0, 0.1) is 11.3 Å². The van der Waals surface area contributed by atoms with Crippen LogP contribution in [0.1, 0.15) is 21.5 Å². The normalized spacial score (nSPS) is 9.71. The van der Waals surface area contributed by atoms with E-state index in [1.165, 1.54) is 7.11 Å². The van der Waals surface area contributed by atoms with Gasteiger partial charge >= 0.3 is 0 Å². The predicted octanol–water partition coefficient (Wildman–Crippen LogP) is 2.08. The summed E-state index contributed by atoms with van der Waals surface area (Å²) in [5, 5.41) is 11.5. The number of nitrogens with zero attached hydrogens (tertiary/aromatic N) is 1. The first kappa shape index (κ1) is 14.4. The number of nitrogens with one attached hydrogen (secondary N) is 1. The molecule has 5 heteroatoms. The Bertz CT molecular complexity index is 688. The Hall–Kier alpha value is -3.00. The molecule has 21 heavy (non-hydrogen) atoms. The van der Waals surface area contributed by atoms with Gasteiger partial charge in [0.05, 0.1) is 24.4 Å². The summed E-state index contributed by atoms with van der Waals surface area (Å²) in [6, 6.07) is 14.0. The van der Waals surface area contributed by atoms with E-state index in [-0.39, 0.29) is 5.91 Å². The van der Waals surface area contributed by atoms with E-state index in [1.807, 2.05) is 6.07 Å². The number of hydrogen-bond acceptors (Lipinski definition) is 4. The van der Waals surface area contributed by atoms with Crippen LogP contribution in [0.25, 0.3) is 0 Å². The molecule has 0 bridgehead atoms. The van der Waals surface area contributed by atoms with E-state index in [9.17, 15) is 4.79 Å². The number of nitrogen functional groups attached to an aromatic ring is 1. The summed E-state index contributed by atoms with van der Waals surface area (Å²) in [6.07, 6.45) is 0. The number of carbonyl (C=O) groups is 1. The monoisotopic (exact) mass is 281 g/mol. The van der Waals surface area contributed by atoms with E-state index < -0.39 is 0 Å². The number of nitriles is 1.